The van der Waals surface area contributed by atoms with Gasteiger partial charge in [-0.3, -0.25) is 14.5 Å². The summed E-state index contributed by atoms with van der Waals surface area (Å²) >= 11 is 0. The summed E-state index contributed by atoms with van der Waals surface area (Å²) < 4.78 is 12.3. The number of ether oxygens (including phenoxy) is 1. The number of aromatic nitrogens is 2. The number of furan rings is 1. The molecule has 1 aliphatic rings. The quantitative estimate of drug-likeness (QED) is 0.261. The molecule has 5 rings (SSSR count). The standard InChI is InChI=1S/C32H37N5O5/c1-21(2)20-41-31(40)37-25-18-26(30(39)34-32(3,4)24-10-6-5-7-11-24)42-27(25)28(35-37)33-29(38)23-14-12-22(13-15-23)19-36-16-8-9-17-36/h5-7,10-15,18,21H,8-9,16-17,19-20H2,1-4H3,(H,34,39)(H,33,35,38). The van der Waals surface area contributed by atoms with Gasteiger partial charge in [-0.15, -0.1) is 5.10 Å². The summed E-state index contributed by atoms with van der Waals surface area (Å²) in [5, 5.41) is 10.0. The number of nitrogens with zero attached hydrogens (tertiary/aromatic N) is 3. The molecular formula is C32H37N5O5. The fourth-order valence-electron chi connectivity index (χ4n) is 4.95. The molecule has 0 bridgehead atoms. The molecule has 2 aromatic heterocycles. The Bertz CT molecular complexity index is 1560. The monoisotopic (exact) mass is 571 g/mol. The lowest BCUT2D eigenvalue weighted by molar-refractivity contribution is 0.0885. The van der Waals surface area contributed by atoms with E-state index in [1.54, 1.807) is 12.1 Å². The second kappa shape index (κ2) is 12.2. The van der Waals surface area contributed by atoms with Gasteiger partial charge in [0.1, 0.15) is 5.52 Å². The first-order valence-electron chi connectivity index (χ1n) is 14.3. The van der Waals surface area contributed by atoms with E-state index in [1.807, 2.05) is 70.2 Å². The number of amides is 2. The molecule has 10 nitrogen and oxygen atoms in total. The summed E-state index contributed by atoms with van der Waals surface area (Å²) in [6.07, 6.45) is 1.69. The van der Waals surface area contributed by atoms with E-state index >= 15 is 0 Å². The molecule has 42 heavy (non-hydrogen) atoms. The second-order valence-corrected chi connectivity index (χ2v) is 11.6. The zero-order chi connectivity index (χ0) is 29.9. The van der Waals surface area contributed by atoms with Gasteiger partial charge in [0.15, 0.2) is 17.2 Å². The van der Waals surface area contributed by atoms with Crippen molar-refractivity contribution in [3.63, 3.8) is 0 Å². The Labute approximate surface area is 245 Å². The van der Waals surface area contributed by atoms with Crippen molar-refractivity contribution in [2.24, 2.45) is 5.92 Å². The summed E-state index contributed by atoms with van der Waals surface area (Å²) in [5.74, 6) is -0.804. The fraction of sp³-hybridized carbons (Fsp3) is 0.375. The van der Waals surface area contributed by atoms with Crippen LogP contribution in [0.5, 0.6) is 0 Å². The topological polar surface area (TPSA) is 119 Å². The van der Waals surface area contributed by atoms with Gasteiger partial charge in [0.2, 0.25) is 0 Å². The number of benzene rings is 2. The highest BCUT2D eigenvalue weighted by Gasteiger charge is 2.29. The Kier molecular flexibility index (Phi) is 8.44. The van der Waals surface area contributed by atoms with Gasteiger partial charge in [0.25, 0.3) is 11.8 Å². The van der Waals surface area contributed by atoms with Gasteiger partial charge in [-0.1, -0.05) is 56.3 Å². The number of likely N-dealkylation sites (tertiary alicyclic amines) is 1. The molecule has 0 saturated carbocycles. The molecule has 0 spiro atoms. The maximum Gasteiger partial charge on any atom is 0.435 e. The maximum atomic E-state index is 13.3. The Morgan fingerprint density at radius 3 is 2.36 bits per heavy atom. The molecule has 10 heteroatoms. The average molecular weight is 572 g/mol. The van der Waals surface area contributed by atoms with Crippen molar-refractivity contribution in [1.82, 2.24) is 20.0 Å². The highest BCUT2D eigenvalue weighted by molar-refractivity contribution is 6.08. The molecule has 0 unspecified atom stereocenters. The van der Waals surface area contributed by atoms with E-state index < -0.39 is 23.4 Å². The molecule has 2 aromatic carbocycles. The number of rotatable bonds is 9. The third kappa shape index (κ3) is 6.54. The minimum atomic E-state index is -0.738. The van der Waals surface area contributed by atoms with Crippen LogP contribution < -0.4 is 10.6 Å². The minimum Gasteiger partial charge on any atom is -0.448 e. The number of hydrogen-bond acceptors (Lipinski definition) is 7. The van der Waals surface area contributed by atoms with Crippen molar-refractivity contribution in [3.05, 3.63) is 83.1 Å². The summed E-state index contributed by atoms with van der Waals surface area (Å²) in [7, 11) is 0. The Hall–Kier alpha value is -4.44. The van der Waals surface area contributed by atoms with Crippen LogP contribution in [0, 0.1) is 5.92 Å². The van der Waals surface area contributed by atoms with Crippen LogP contribution in [0.15, 0.2) is 65.1 Å². The average Bonchev–Trinajstić information content (AvgIpc) is 3.71. The Morgan fingerprint density at radius 2 is 1.69 bits per heavy atom. The molecule has 220 valence electrons. The summed E-state index contributed by atoms with van der Waals surface area (Å²) in [5.41, 5.74) is 2.09. The van der Waals surface area contributed by atoms with Gasteiger partial charge >= 0.3 is 6.09 Å². The molecule has 1 fully saturated rings. The summed E-state index contributed by atoms with van der Waals surface area (Å²) in [4.78, 5) is 41.8. The van der Waals surface area contributed by atoms with Crippen LogP contribution in [0.2, 0.25) is 0 Å². The van der Waals surface area contributed by atoms with Crippen molar-refractivity contribution >= 4 is 34.8 Å². The van der Waals surface area contributed by atoms with Crippen LogP contribution in [-0.2, 0) is 16.8 Å². The second-order valence-electron chi connectivity index (χ2n) is 11.6. The first kappa shape index (κ1) is 29.1. The molecular weight excluding hydrogens is 534 g/mol. The smallest absolute Gasteiger partial charge is 0.435 e. The molecule has 1 aliphatic heterocycles. The van der Waals surface area contributed by atoms with Gasteiger partial charge in [-0.2, -0.15) is 4.68 Å². The Morgan fingerprint density at radius 1 is 1.00 bits per heavy atom. The highest BCUT2D eigenvalue weighted by atomic mass is 16.6. The van der Waals surface area contributed by atoms with Gasteiger partial charge in [0.05, 0.1) is 12.1 Å². The lowest BCUT2D eigenvalue weighted by Gasteiger charge is -2.26. The lowest BCUT2D eigenvalue weighted by Crippen LogP contribution is -2.40. The third-order valence-electron chi connectivity index (χ3n) is 7.27. The van der Waals surface area contributed by atoms with E-state index in [0.29, 0.717) is 5.56 Å². The van der Waals surface area contributed by atoms with Gasteiger partial charge in [-0.05, 0) is 69.0 Å². The fourth-order valence-corrected chi connectivity index (χ4v) is 4.95. The summed E-state index contributed by atoms with van der Waals surface area (Å²) in [6, 6.07) is 18.4. The molecule has 0 atom stereocenters. The van der Waals surface area contributed by atoms with Crippen molar-refractivity contribution in [3.8, 4) is 0 Å². The van der Waals surface area contributed by atoms with Crippen LogP contribution in [0.3, 0.4) is 0 Å². The Balaban J connectivity index is 1.39. The molecule has 2 amide bonds. The molecule has 1 saturated heterocycles. The predicted octanol–water partition coefficient (Wildman–Crippen LogP) is 5.78. The van der Waals surface area contributed by atoms with Crippen LogP contribution in [0.25, 0.3) is 11.1 Å². The van der Waals surface area contributed by atoms with Crippen molar-refractivity contribution in [2.75, 3.05) is 25.0 Å². The number of nitrogens with one attached hydrogen (secondary N) is 2. The normalized spacial score (nSPS) is 13.9. The molecule has 2 N–H and O–H groups in total. The van der Waals surface area contributed by atoms with E-state index in [4.69, 9.17) is 9.15 Å². The first-order valence-corrected chi connectivity index (χ1v) is 14.3. The highest BCUT2D eigenvalue weighted by Crippen LogP contribution is 2.29. The number of anilines is 1. The van der Waals surface area contributed by atoms with Crippen LogP contribution in [0.4, 0.5) is 10.6 Å². The van der Waals surface area contributed by atoms with E-state index in [2.05, 4.69) is 20.6 Å². The van der Waals surface area contributed by atoms with Crippen LogP contribution >= 0.6 is 0 Å². The summed E-state index contributed by atoms with van der Waals surface area (Å²) in [6.45, 7) is 10.8. The van der Waals surface area contributed by atoms with E-state index in [9.17, 15) is 14.4 Å². The third-order valence-corrected chi connectivity index (χ3v) is 7.27. The number of hydrogen-bond donors (Lipinski definition) is 2. The van der Waals surface area contributed by atoms with E-state index in [-0.39, 0.29) is 35.2 Å². The zero-order valence-electron chi connectivity index (χ0n) is 24.5. The van der Waals surface area contributed by atoms with Crippen LogP contribution in [0.1, 0.15) is 72.6 Å². The van der Waals surface area contributed by atoms with Crippen molar-refractivity contribution < 1.29 is 23.5 Å². The van der Waals surface area contributed by atoms with Gasteiger partial charge in [-0.25, -0.2) is 4.79 Å². The molecule has 0 radical (unpaired) electrons. The number of carbonyl (C=O) groups excluding carboxylic acids is 3. The largest absolute Gasteiger partial charge is 0.448 e. The zero-order valence-corrected chi connectivity index (χ0v) is 24.5. The van der Waals surface area contributed by atoms with E-state index in [1.165, 1.54) is 18.9 Å². The molecule has 3 heterocycles. The van der Waals surface area contributed by atoms with Crippen molar-refractivity contribution in [2.45, 2.75) is 52.6 Å². The molecule has 4 aromatic rings. The predicted molar refractivity (Wildman–Crippen MR) is 159 cm³/mol. The number of carbonyl (C=O) groups is 3. The first-order chi connectivity index (χ1) is 20.1. The van der Waals surface area contributed by atoms with E-state index in [0.717, 1.165) is 35.4 Å². The van der Waals surface area contributed by atoms with Gasteiger partial charge < -0.3 is 19.8 Å². The SMILES string of the molecule is CC(C)COC(=O)n1nc(NC(=O)c2ccc(CN3CCCC3)cc2)c2oc(C(=O)NC(C)(C)c3ccccc3)cc21. The maximum absolute atomic E-state index is 13.3. The van der Waals surface area contributed by atoms with Crippen molar-refractivity contribution in [1.29, 1.82) is 0 Å². The minimum absolute atomic E-state index is 0.0130. The molecule has 0 aliphatic carbocycles. The van der Waals surface area contributed by atoms with Gasteiger partial charge in [0, 0.05) is 18.2 Å². The lowest BCUT2D eigenvalue weighted by atomic mass is 9.94. The van der Waals surface area contributed by atoms with Crippen LogP contribution in [-0.4, -0.2) is 52.3 Å². The number of fused-ring (bicyclic) bond motifs is 1.